The normalized spacial score (nSPS) is 11.7. The highest BCUT2D eigenvalue weighted by atomic mass is 35.5. The van der Waals surface area contributed by atoms with Gasteiger partial charge in [-0.25, -0.2) is 4.68 Å². The SMILES string of the molecule is CCc1c(C(=O)NC(C)c2cccc(NC(C)=O)c2)cnn1-c1cccc(Cl)c1. The first-order valence-corrected chi connectivity index (χ1v) is 9.78. The highest BCUT2D eigenvalue weighted by molar-refractivity contribution is 6.30. The summed E-state index contributed by atoms with van der Waals surface area (Å²) in [6, 6.07) is 14.5. The predicted octanol–water partition coefficient (Wildman–Crippen LogP) is 4.54. The zero-order valence-corrected chi connectivity index (χ0v) is 17.3. The molecule has 0 bridgehead atoms. The van der Waals surface area contributed by atoms with Crippen LogP contribution in [0.3, 0.4) is 0 Å². The number of rotatable bonds is 6. The molecule has 0 fully saturated rings. The smallest absolute Gasteiger partial charge is 0.255 e. The van der Waals surface area contributed by atoms with Gasteiger partial charge in [-0.2, -0.15) is 5.10 Å². The van der Waals surface area contributed by atoms with Crippen LogP contribution in [0.1, 0.15) is 48.4 Å². The molecule has 3 aromatic rings. The van der Waals surface area contributed by atoms with Gasteiger partial charge in [0.15, 0.2) is 0 Å². The Morgan fingerprint density at radius 1 is 1.17 bits per heavy atom. The number of benzene rings is 2. The summed E-state index contributed by atoms with van der Waals surface area (Å²) in [7, 11) is 0. The van der Waals surface area contributed by atoms with Gasteiger partial charge in [-0.15, -0.1) is 0 Å². The molecule has 0 saturated heterocycles. The zero-order chi connectivity index (χ0) is 21.0. The molecule has 0 aliphatic carbocycles. The molecule has 0 saturated carbocycles. The summed E-state index contributed by atoms with van der Waals surface area (Å²) in [5.41, 5.74) is 3.73. The van der Waals surface area contributed by atoms with Crippen LogP contribution in [-0.4, -0.2) is 21.6 Å². The molecule has 1 atom stereocenters. The fraction of sp³-hybridized carbons (Fsp3) is 0.227. The van der Waals surface area contributed by atoms with E-state index in [0.29, 0.717) is 22.7 Å². The molecule has 2 amide bonds. The summed E-state index contributed by atoms with van der Waals surface area (Å²) in [5.74, 6) is -0.340. The maximum atomic E-state index is 12.9. The van der Waals surface area contributed by atoms with E-state index in [0.717, 1.165) is 16.9 Å². The number of nitrogens with one attached hydrogen (secondary N) is 2. The van der Waals surface area contributed by atoms with Crippen molar-refractivity contribution in [2.75, 3.05) is 5.32 Å². The second-order valence-corrected chi connectivity index (χ2v) is 7.19. The number of halogens is 1. The highest BCUT2D eigenvalue weighted by Crippen LogP contribution is 2.21. The van der Waals surface area contributed by atoms with E-state index in [1.807, 2.05) is 56.3 Å². The van der Waals surface area contributed by atoms with E-state index in [4.69, 9.17) is 11.6 Å². The molecule has 6 nitrogen and oxygen atoms in total. The van der Waals surface area contributed by atoms with Crippen molar-refractivity contribution in [1.29, 1.82) is 0 Å². The van der Waals surface area contributed by atoms with Crippen molar-refractivity contribution in [3.05, 3.63) is 76.6 Å². The summed E-state index contributed by atoms with van der Waals surface area (Å²) in [6.45, 7) is 5.34. The van der Waals surface area contributed by atoms with E-state index in [-0.39, 0.29) is 17.9 Å². The minimum absolute atomic E-state index is 0.139. The topological polar surface area (TPSA) is 76.0 Å². The fourth-order valence-corrected chi connectivity index (χ4v) is 3.37. The third kappa shape index (κ3) is 4.84. The Hall–Kier alpha value is -3.12. The first-order valence-electron chi connectivity index (χ1n) is 9.40. The predicted molar refractivity (Wildman–Crippen MR) is 115 cm³/mol. The Labute approximate surface area is 174 Å². The summed E-state index contributed by atoms with van der Waals surface area (Å²) < 4.78 is 1.74. The molecule has 0 spiro atoms. The lowest BCUT2D eigenvalue weighted by atomic mass is 10.1. The molecule has 3 rings (SSSR count). The number of anilines is 1. The van der Waals surface area contributed by atoms with Gasteiger partial charge in [0, 0.05) is 17.6 Å². The standard InChI is InChI=1S/C22H23ClN4O2/c1-4-21-20(13-24-27(21)19-10-6-8-17(23)12-19)22(29)25-14(2)16-7-5-9-18(11-16)26-15(3)28/h5-14H,4H2,1-3H3,(H,25,29)(H,26,28). The van der Waals surface area contributed by atoms with Gasteiger partial charge in [0.05, 0.1) is 29.2 Å². The van der Waals surface area contributed by atoms with Gasteiger partial charge in [0.2, 0.25) is 5.91 Å². The second-order valence-electron chi connectivity index (χ2n) is 6.75. The van der Waals surface area contributed by atoms with Gasteiger partial charge in [-0.05, 0) is 49.2 Å². The quantitative estimate of drug-likeness (QED) is 0.626. The van der Waals surface area contributed by atoms with Crippen LogP contribution in [0.25, 0.3) is 5.69 Å². The Balaban J connectivity index is 1.81. The van der Waals surface area contributed by atoms with E-state index in [2.05, 4.69) is 15.7 Å². The summed E-state index contributed by atoms with van der Waals surface area (Å²) in [4.78, 5) is 24.2. The Morgan fingerprint density at radius 3 is 2.62 bits per heavy atom. The molecule has 1 unspecified atom stereocenters. The van der Waals surface area contributed by atoms with Crippen LogP contribution in [0.2, 0.25) is 5.02 Å². The van der Waals surface area contributed by atoms with Crippen molar-refractivity contribution in [2.24, 2.45) is 0 Å². The van der Waals surface area contributed by atoms with Gasteiger partial charge in [0.25, 0.3) is 5.91 Å². The van der Waals surface area contributed by atoms with Crippen molar-refractivity contribution in [2.45, 2.75) is 33.2 Å². The van der Waals surface area contributed by atoms with Crippen LogP contribution in [0.15, 0.2) is 54.7 Å². The second kappa shape index (κ2) is 8.92. The molecule has 2 aromatic carbocycles. The van der Waals surface area contributed by atoms with Crippen LogP contribution < -0.4 is 10.6 Å². The third-order valence-corrected chi connectivity index (χ3v) is 4.79. The Kier molecular flexibility index (Phi) is 6.34. The maximum absolute atomic E-state index is 12.9. The molecule has 7 heteroatoms. The molecule has 0 radical (unpaired) electrons. The largest absolute Gasteiger partial charge is 0.345 e. The number of carbonyl (C=O) groups is 2. The van der Waals surface area contributed by atoms with E-state index in [1.165, 1.54) is 6.92 Å². The molecule has 0 aliphatic heterocycles. The van der Waals surface area contributed by atoms with E-state index >= 15 is 0 Å². The van der Waals surface area contributed by atoms with Gasteiger partial charge < -0.3 is 10.6 Å². The molecule has 2 N–H and O–H groups in total. The van der Waals surface area contributed by atoms with Crippen LogP contribution in [0, 0.1) is 0 Å². The molecule has 1 heterocycles. The van der Waals surface area contributed by atoms with Crippen LogP contribution >= 0.6 is 11.6 Å². The average Bonchev–Trinajstić information content (AvgIpc) is 3.12. The number of nitrogens with zero attached hydrogens (tertiary/aromatic N) is 2. The van der Waals surface area contributed by atoms with E-state index in [1.54, 1.807) is 16.9 Å². The van der Waals surface area contributed by atoms with Crippen molar-refractivity contribution in [3.63, 3.8) is 0 Å². The fourth-order valence-electron chi connectivity index (χ4n) is 3.18. The Morgan fingerprint density at radius 2 is 1.93 bits per heavy atom. The Bertz CT molecular complexity index is 1040. The van der Waals surface area contributed by atoms with Crippen molar-refractivity contribution in [1.82, 2.24) is 15.1 Å². The van der Waals surface area contributed by atoms with Gasteiger partial charge in [0.1, 0.15) is 0 Å². The maximum Gasteiger partial charge on any atom is 0.255 e. The molecule has 0 aliphatic rings. The average molecular weight is 411 g/mol. The molecule has 150 valence electrons. The lowest BCUT2D eigenvalue weighted by Crippen LogP contribution is -2.27. The summed E-state index contributed by atoms with van der Waals surface area (Å²) in [6.07, 6.45) is 2.22. The summed E-state index contributed by atoms with van der Waals surface area (Å²) in [5, 5.41) is 10.8. The number of hydrogen-bond acceptors (Lipinski definition) is 3. The lowest BCUT2D eigenvalue weighted by Gasteiger charge is -2.16. The minimum atomic E-state index is -0.240. The van der Waals surface area contributed by atoms with Crippen molar-refractivity contribution < 1.29 is 9.59 Å². The van der Waals surface area contributed by atoms with Gasteiger partial charge >= 0.3 is 0 Å². The monoisotopic (exact) mass is 410 g/mol. The molecule has 1 aromatic heterocycles. The van der Waals surface area contributed by atoms with Crippen LogP contribution in [0.5, 0.6) is 0 Å². The number of aromatic nitrogens is 2. The first-order chi connectivity index (χ1) is 13.9. The van der Waals surface area contributed by atoms with Gasteiger partial charge in [-0.1, -0.05) is 36.7 Å². The van der Waals surface area contributed by atoms with Crippen LogP contribution in [0.4, 0.5) is 5.69 Å². The number of amides is 2. The van der Waals surface area contributed by atoms with Crippen molar-refractivity contribution in [3.8, 4) is 5.69 Å². The lowest BCUT2D eigenvalue weighted by molar-refractivity contribution is -0.114. The molecular weight excluding hydrogens is 388 g/mol. The van der Waals surface area contributed by atoms with E-state index < -0.39 is 0 Å². The zero-order valence-electron chi connectivity index (χ0n) is 16.6. The minimum Gasteiger partial charge on any atom is -0.345 e. The van der Waals surface area contributed by atoms with E-state index in [9.17, 15) is 9.59 Å². The third-order valence-electron chi connectivity index (χ3n) is 4.56. The highest BCUT2D eigenvalue weighted by Gasteiger charge is 2.19. The van der Waals surface area contributed by atoms with Crippen LogP contribution in [-0.2, 0) is 11.2 Å². The summed E-state index contributed by atoms with van der Waals surface area (Å²) >= 11 is 6.09. The number of hydrogen-bond donors (Lipinski definition) is 2. The molecule has 29 heavy (non-hydrogen) atoms. The van der Waals surface area contributed by atoms with Crippen molar-refractivity contribution >= 4 is 29.1 Å². The first kappa shape index (κ1) is 20.6. The number of carbonyl (C=O) groups excluding carboxylic acids is 2. The molecular formula is C22H23ClN4O2. The van der Waals surface area contributed by atoms with Gasteiger partial charge in [-0.3, -0.25) is 9.59 Å².